The fraction of sp³-hybridized carbons (Fsp3) is 0.333. The molecular formula is C18H21BrN4O. The standard InChI is InChI=1S/C18H21BrN4O/c1-22-7-9-23(10-8-22)17-6-5-14(12-20-17)13-21-18(24)15-3-2-4-16(19)11-15/h2-6,11-12H,7-10,13H2,1H3,(H,21,24). The first-order valence-corrected chi connectivity index (χ1v) is 8.83. The van der Waals surface area contributed by atoms with Gasteiger partial charge in [0.15, 0.2) is 0 Å². The molecular weight excluding hydrogens is 368 g/mol. The third-order valence-electron chi connectivity index (χ3n) is 4.18. The van der Waals surface area contributed by atoms with Crippen LogP contribution >= 0.6 is 15.9 Å². The fourth-order valence-corrected chi connectivity index (χ4v) is 3.06. The Labute approximate surface area is 150 Å². The molecule has 0 bridgehead atoms. The molecule has 0 saturated carbocycles. The summed E-state index contributed by atoms with van der Waals surface area (Å²) in [5.74, 6) is 0.921. The van der Waals surface area contributed by atoms with E-state index in [0.29, 0.717) is 12.1 Å². The second-order valence-corrected chi connectivity index (χ2v) is 6.92. The Hall–Kier alpha value is -1.92. The minimum atomic E-state index is -0.0838. The summed E-state index contributed by atoms with van der Waals surface area (Å²) >= 11 is 3.38. The first kappa shape index (κ1) is 16.9. The highest BCUT2D eigenvalue weighted by molar-refractivity contribution is 9.10. The van der Waals surface area contributed by atoms with Gasteiger partial charge < -0.3 is 15.1 Å². The molecule has 0 aliphatic carbocycles. The van der Waals surface area contributed by atoms with Gasteiger partial charge in [0.25, 0.3) is 5.91 Å². The van der Waals surface area contributed by atoms with Crippen LogP contribution in [-0.2, 0) is 6.54 Å². The third kappa shape index (κ3) is 4.33. The summed E-state index contributed by atoms with van der Waals surface area (Å²) in [6.45, 7) is 4.60. The Morgan fingerprint density at radius 2 is 2.00 bits per heavy atom. The molecule has 1 amide bonds. The number of piperazine rings is 1. The zero-order chi connectivity index (χ0) is 16.9. The van der Waals surface area contributed by atoms with Crippen molar-refractivity contribution in [2.24, 2.45) is 0 Å². The Bertz CT molecular complexity index is 696. The molecule has 1 saturated heterocycles. The van der Waals surface area contributed by atoms with E-state index in [1.165, 1.54) is 0 Å². The Morgan fingerprint density at radius 3 is 2.67 bits per heavy atom. The summed E-state index contributed by atoms with van der Waals surface area (Å²) in [6, 6.07) is 11.4. The third-order valence-corrected chi connectivity index (χ3v) is 4.67. The highest BCUT2D eigenvalue weighted by Gasteiger charge is 2.15. The molecule has 0 spiro atoms. The molecule has 5 nitrogen and oxygen atoms in total. The van der Waals surface area contributed by atoms with Crippen LogP contribution in [-0.4, -0.2) is 49.0 Å². The highest BCUT2D eigenvalue weighted by atomic mass is 79.9. The minimum absolute atomic E-state index is 0.0838. The predicted molar refractivity (Wildman–Crippen MR) is 99.3 cm³/mol. The zero-order valence-electron chi connectivity index (χ0n) is 13.7. The van der Waals surface area contributed by atoms with Gasteiger partial charge in [0, 0.05) is 49.0 Å². The lowest BCUT2D eigenvalue weighted by atomic mass is 10.2. The van der Waals surface area contributed by atoms with Crippen LogP contribution in [0.5, 0.6) is 0 Å². The van der Waals surface area contributed by atoms with E-state index in [-0.39, 0.29) is 5.91 Å². The average Bonchev–Trinajstić information content (AvgIpc) is 2.61. The first-order chi connectivity index (χ1) is 11.6. The molecule has 1 aliphatic rings. The normalized spacial score (nSPS) is 15.3. The maximum Gasteiger partial charge on any atom is 0.251 e. The van der Waals surface area contributed by atoms with Gasteiger partial charge in [-0.15, -0.1) is 0 Å². The molecule has 6 heteroatoms. The summed E-state index contributed by atoms with van der Waals surface area (Å²) in [4.78, 5) is 21.3. The van der Waals surface area contributed by atoms with Gasteiger partial charge in [-0.3, -0.25) is 4.79 Å². The second kappa shape index (κ2) is 7.77. The summed E-state index contributed by atoms with van der Waals surface area (Å²) in [7, 11) is 2.14. The van der Waals surface area contributed by atoms with Crippen molar-refractivity contribution in [1.82, 2.24) is 15.2 Å². The molecule has 1 aliphatic heterocycles. The highest BCUT2D eigenvalue weighted by Crippen LogP contribution is 2.14. The van der Waals surface area contributed by atoms with Crippen LogP contribution in [0.1, 0.15) is 15.9 Å². The van der Waals surface area contributed by atoms with Gasteiger partial charge in [-0.25, -0.2) is 4.98 Å². The maximum absolute atomic E-state index is 12.2. The predicted octanol–water partition coefficient (Wildman–Crippen LogP) is 2.53. The van der Waals surface area contributed by atoms with Gasteiger partial charge in [0.1, 0.15) is 5.82 Å². The molecule has 2 aromatic rings. The number of anilines is 1. The molecule has 24 heavy (non-hydrogen) atoms. The average molecular weight is 389 g/mol. The van der Waals surface area contributed by atoms with Gasteiger partial charge in [-0.05, 0) is 36.9 Å². The summed E-state index contributed by atoms with van der Waals surface area (Å²) < 4.78 is 0.897. The van der Waals surface area contributed by atoms with Gasteiger partial charge >= 0.3 is 0 Å². The number of hydrogen-bond acceptors (Lipinski definition) is 4. The van der Waals surface area contributed by atoms with Crippen molar-refractivity contribution in [2.45, 2.75) is 6.54 Å². The Kier molecular flexibility index (Phi) is 5.48. The van der Waals surface area contributed by atoms with Gasteiger partial charge in [-0.2, -0.15) is 0 Å². The van der Waals surface area contributed by atoms with Crippen molar-refractivity contribution in [2.75, 3.05) is 38.1 Å². The summed E-state index contributed by atoms with van der Waals surface area (Å²) in [6.07, 6.45) is 1.84. The molecule has 0 unspecified atom stereocenters. The van der Waals surface area contributed by atoms with Crippen LogP contribution < -0.4 is 10.2 Å². The second-order valence-electron chi connectivity index (χ2n) is 6.01. The lowest BCUT2D eigenvalue weighted by molar-refractivity contribution is 0.0951. The summed E-state index contributed by atoms with van der Waals surface area (Å²) in [5.41, 5.74) is 1.64. The molecule has 126 valence electrons. The van der Waals surface area contributed by atoms with E-state index in [4.69, 9.17) is 0 Å². The minimum Gasteiger partial charge on any atom is -0.354 e. The van der Waals surface area contributed by atoms with Gasteiger partial charge in [0.2, 0.25) is 0 Å². The van der Waals surface area contributed by atoms with Crippen LogP contribution in [0.2, 0.25) is 0 Å². The molecule has 3 rings (SSSR count). The lowest BCUT2D eigenvalue weighted by Gasteiger charge is -2.33. The number of nitrogens with one attached hydrogen (secondary N) is 1. The van der Waals surface area contributed by atoms with Gasteiger partial charge in [0.05, 0.1) is 0 Å². The van der Waals surface area contributed by atoms with E-state index in [9.17, 15) is 4.79 Å². The number of halogens is 1. The molecule has 0 atom stereocenters. The van der Waals surface area contributed by atoms with Crippen molar-refractivity contribution in [3.8, 4) is 0 Å². The van der Waals surface area contributed by atoms with E-state index >= 15 is 0 Å². The van der Waals surface area contributed by atoms with E-state index < -0.39 is 0 Å². The monoisotopic (exact) mass is 388 g/mol. The smallest absolute Gasteiger partial charge is 0.251 e. The van der Waals surface area contributed by atoms with Crippen LogP contribution in [0, 0.1) is 0 Å². The Morgan fingerprint density at radius 1 is 1.21 bits per heavy atom. The Balaban J connectivity index is 1.55. The number of likely N-dealkylation sites (N-methyl/N-ethyl adjacent to an activating group) is 1. The number of hydrogen-bond donors (Lipinski definition) is 1. The van der Waals surface area contributed by atoms with Crippen LogP contribution in [0.25, 0.3) is 0 Å². The van der Waals surface area contributed by atoms with Crippen LogP contribution in [0.4, 0.5) is 5.82 Å². The SMILES string of the molecule is CN1CCN(c2ccc(CNC(=O)c3cccc(Br)c3)cn2)CC1. The number of rotatable bonds is 4. The quantitative estimate of drug-likeness (QED) is 0.873. The summed E-state index contributed by atoms with van der Waals surface area (Å²) in [5, 5.41) is 2.93. The number of pyridine rings is 1. The zero-order valence-corrected chi connectivity index (χ0v) is 15.3. The fourth-order valence-electron chi connectivity index (χ4n) is 2.66. The molecule has 1 fully saturated rings. The van der Waals surface area contributed by atoms with Crippen molar-refractivity contribution < 1.29 is 4.79 Å². The molecule has 0 radical (unpaired) electrons. The topological polar surface area (TPSA) is 48.5 Å². The lowest BCUT2D eigenvalue weighted by Crippen LogP contribution is -2.44. The number of carbonyl (C=O) groups is 1. The maximum atomic E-state index is 12.2. The number of aromatic nitrogens is 1. The van der Waals surface area contributed by atoms with Crippen molar-refractivity contribution in [3.05, 3.63) is 58.2 Å². The molecule has 1 aromatic heterocycles. The van der Waals surface area contributed by atoms with Crippen LogP contribution in [0.15, 0.2) is 47.1 Å². The number of benzene rings is 1. The van der Waals surface area contributed by atoms with E-state index in [1.807, 2.05) is 36.5 Å². The number of nitrogens with zero attached hydrogens (tertiary/aromatic N) is 3. The van der Waals surface area contributed by atoms with Crippen LogP contribution in [0.3, 0.4) is 0 Å². The van der Waals surface area contributed by atoms with Crippen molar-refractivity contribution in [3.63, 3.8) is 0 Å². The molecule has 1 N–H and O–H groups in total. The van der Waals surface area contributed by atoms with E-state index in [2.05, 4.69) is 43.1 Å². The van der Waals surface area contributed by atoms with Crippen molar-refractivity contribution >= 4 is 27.7 Å². The largest absolute Gasteiger partial charge is 0.354 e. The van der Waals surface area contributed by atoms with Gasteiger partial charge in [-0.1, -0.05) is 28.1 Å². The molecule has 1 aromatic carbocycles. The van der Waals surface area contributed by atoms with E-state index in [1.54, 1.807) is 6.07 Å². The van der Waals surface area contributed by atoms with E-state index in [0.717, 1.165) is 42.0 Å². The van der Waals surface area contributed by atoms with Crippen molar-refractivity contribution in [1.29, 1.82) is 0 Å². The number of amides is 1. The molecule has 2 heterocycles. The number of carbonyl (C=O) groups excluding carboxylic acids is 1. The first-order valence-electron chi connectivity index (χ1n) is 8.04.